The number of hydrogen-bond acceptors (Lipinski definition) is 4. The van der Waals surface area contributed by atoms with Gasteiger partial charge < -0.3 is 4.57 Å². The van der Waals surface area contributed by atoms with E-state index in [4.69, 9.17) is 11.6 Å². The molecule has 0 saturated carbocycles. The highest BCUT2D eigenvalue weighted by atomic mass is 35.5. The minimum atomic E-state index is -0.471. The number of hydrogen-bond donors (Lipinski definition) is 1. The molecule has 0 bridgehead atoms. The summed E-state index contributed by atoms with van der Waals surface area (Å²) < 4.78 is 3.14. The van der Waals surface area contributed by atoms with Crippen LogP contribution in [0.2, 0.25) is 0 Å². The molecule has 0 radical (unpaired) electrons. The molecule has 2 aromatic rings. The molecule has 0 aromatic carbocycles. The van der Waals surface area contributed by atoms with Crippen LogP contribution in [0.15, 0.2) is 38.0 Å². The van der Waals surface area contributed by atoms with E-state index in [1.165, 1.54) is 16.3 Å². The van der Waals surface area contributed by atoms with Gasteiger partial charge in [0.05, 0.1) is 0 Å². The molecule has 0 saturated heterocycles. The lowest BCUT2D eigenvalue weighted by Gasteiger charge is -2.04. The number of aryl methyl sites for hydroxylation is 1. The summed E-state index contributed by atoms with van der Waals surface area (Å²) in [5, 5.41) is 1.38. The number of rotatable bonds is 5. The van der Waals surface area contributed by atoms with Gasteiger partial charge in [-0.2, -0.15) is 0 Å². The molecule has 0 unspecified atom stereocenters. The zero-order chi connectivity index (χ0) is 16.3. The van der Waals surface area contributed by atoms with E-state index >= 15 is 0 Å². The van der Waals surface area contributed by atoms with Crippen LogP contribution in [0.3, 0.4) is 0 Å². The molecule has 8 heteroatoms. The number of allylic oxidation sites excluding steroid dienone is 3. The van der Waals surface area contributed by atoms with Crippen LogP contribution in [0, 0.1) is 0 Å². The summed E-state index contributed by atoms with van der Waals surface area (Å²) in [5.41, 5.74) is -0.117. The first kappa shape index (κ1) is 16.6. The van der Waals surface area contributed by atoms with E-state index < -0.39 is 11.2 Å². The van der Waals surface area contributed by atoms with Gasteiger partial charge in [0, 0.05) is 24.4 Å². The summed E-state index contributed by atoms with van der Waals surface area (Å²) in [6, 6.07) is 0. The summed E-state index contributed by atoms with van der Waals surface area (Å²) in [6.07, 6.45) is 5.70. The first-order valence-electron chi connectivity index (χ1n) is 6.71. The van der Waals surface area contributed by atoms with E-state index in [9.17, 15) is 9.59 Å². The lowest BCUT2D eigenvalue weighted by molar-refractivity contribution is 0.744. The molecule has 0 aliphatic carbocycles. The topological polar surface area (TPSA) is 72.7 Å². The van der Waals surface area contributed by atoms with E-state index in [1.807, 2.05) is 25.2 Å². The Hall–Kier alpha value is -1.73. The number of nitrogens with one attached hydrogen (secondary N) is 1. The zero-order valence-electron chi connectivity index (χ0n) is 12.6. The van der Waals surface area contributed by atoms with Gasteiger partial charge in [0.1, 0.15) is 0 Å². The summed E-state index contributed by atoms with van der Waals surface area (Å²) in [5.74, 6) is 0.639. The molecule has 2 heterocycles. The van der Waals surface area contributed by atoms with Gasteiger partial charge in [-0.3, -0.25) is 14.3 Å². The first-order valence-corrected chi connectivity index (χ1v) is 8.07. The second kappa shape index (κ2) is 7.02. The number of aromatic amines is 1. The van der Waals surface area contributed by atoms with Gasteiger partial charge in [-0.25, -0.2) is 9.78 Å². The number of aromatic nitrogens is 4. The van der Waals surface area contributed by atoms with Crippen molar-refractivity contribution in [3.63, 3.8) is 0 Å². The second-order valence-corrected chi connectivity index (χ2v) is 6.25. The van der Waals surface area contributed by atoms with Crippen molar-refractivity contribution in [2.75, 3.05) is 5.75 Å². The highest BCUT2D eigenvalue weighted by Gasteiger charge is 2.16. The minimum absolute atomic E-state index is 0.382. The average molecular weight is 341 g/mol. The van der Waals surface area contributed by atoms with Crippen molar-refractivity contribution in [2.24, 2.45) is 7.05 Å². The molecule has 2 aromatic heterocycles. The minimum Gasteiger partial charge on any atom is -0.309 e. The van der Waals surface area contributed by atoms with Crippen LogP contribution in [-0.2, 0) is 13.6 Å². The van der Waals surface area contributed by atoms with Crippen LogP contribution in [0.4, 0.5) is 0 Å². The largest absolute Gasteiger partial charge is 0.329 e. The van der Waals surface area contributed by atoms with Gasteiger partial charge in [-0.1, -0.05) is 41.6 Å². The van der Waals surface area contributed by atoms with Crippen LogP contribution in [0.1, 0.15) is 13.8 Å². The third-order valence-corrected chi connectivity index (χ3v) is 4.13. The standard InChI is InChI=1S/C14H17ClN4O2S/c1-4-5-7-19-10-11(18(3)13(21)17-12(10)20)16-14(19)22-8-6-9(2)15/h4-6H,7-8H2,1-3H3,(H,17,20,21)/b5-4+,9-6-. The highest BCUT2D eigenvalue weighted by molar-refractivity contribution is 7.99. The Balaban J connectivity index is 2.61. The first-order chi connectivity index (χ1) is 10.5. The molecule has 1 N–H and O–H groups in total. The Morgan fingerprint density at radius 2 is 2.18 bits per heavy atom. The Bertz CT molecular complexity index is 856. The Kier molecular flexibility index (Phi) is 5.31. The second-order valence-electron chi connectivity index (χ2n) is 4.67. The Labute approximate surface area is 136 Å². The maximum absolute atomic E-state index is 12.1. The number of nitrogens with zero attached hydrogens (tertiary/aromatic N) is 3. The van der Waals surface area contributed by atoms with Crippen molar-refractivity contribution < 1.29 is 0 Å². The van der Waals surface area contributed by atoms with Crippen molar-refractivity contribution in [3.05, 3.63) is 44.1 Å². The van der Waals surface area contributed by atoms with Crippen molar-refractivity contribution in [1.82, 2.24) is 19.1 Å². The van der Waals surface area contributed by atoms with Gasteiger partial charge in [-0.15, -0.1) is 0 Å². The molecule has 6 nitrogen and oxygen atoms in total. The Morgan fingerprint density at radius 1 is 1.45 bits per heavy atom. The molecule has 0 fully saturated rings. The lowest BCUT2D eigenvalue weighted by atomic mass is 10.4. The monoisotopic (exact) mass is 340 g/mol. The quantitative estimate of drug-likeness (QED) is 0.669. The summed E-state index contributed by atoms with van der Waals surface area (Å²) in [7, 11) is 1.59. The van der Waals surface area contributed by atoms with Gasteiger partial charge in [0.2, 0.25) is 0 Å². The molecule has 0 aliphatic rings. The van der Waals surface area contributed by atoms with Crippen molar-refractivity contribution >= 4 is 34.5 Å². The normalized spacial score (nSPS) is 12.6. The molecular weight excluding hydrogens is 324 g/mol. The summed E-state index contributed by atoms with van der Waals surface area (Å²) in [4.78, 5) is 30.6. The van der Waals surface area contributed by atoms with Crippen molar-refractivity contribution in [2.45, 2.75) is 25.5 Å². The summed E-state index contributed by atoms with van der Waals surface area (Å²) in [6.45, 7) is 4.23. The lowest BCUT2D eigenvalue weighted by Crippen LogP contribution is -2.29. The highest BCUT2D eigenvalue weighted by Crippen LogP contribution is 2.22. The predicted octanol–water partition coefficient (Wildman–Crippen LogP) is 2.23. The third kappa shape index (κ3) is 3.36. The summed E-state index contributed by atoms with van der Waals surface area (Å²) >= 11 is 7.29. The van der Waals surface area contributed by atoms with Gasteiger partial charge in [0.15, 0.2) is 16.3 Å². The average Bonchev–Trinajstić information content (AvgIpc) is 2.81. The van der Waals surface area contributed by atoms with Crippen LogP contribution < -0.4 is 11.2 Å². The third-order valence-electron chi connectivity index (χ3n) is 3.07. The van der Waals surface area contributed by atoms with E-state index in [1.54, 1.807) is 18.5 Å². The Morgan fingerprint density at radius 3 is 2.82 bits per heavy atom. The van der Waals surface area contributed by atoms with Crippen LogP contribution in [0.5, 0.6) is 0 Å². The smallest absolute Gasteiger partial charge is 0.309 e. The fraction of sp³-hybridized carbons (Fsp3) is 0.357. The molecule has 0 amide bonds. The number of H-pyrrole nitrogens is 1. The fourth-order valence-corrected chi connectivity index (χ4v) is 3.06. The van der Waals surface area contributed by atoms with Gasteiger partial charge in [0.25, 0.3) is 5.56 Å². The predicted molar refractivity (Wildman–Crippen MR) is 90.7 cm³/mol. The number of imidazole rings is 1. The maximum Gasteiger partial charge on any atom is 0.329 e. The van der Waals surface area contributed by atoms with Crippen LogP contribution in [-0.4, -0.2) is 24.9 Å². The number of thioether (sulfide) groups is 1. The molecular formula is C14H17ClN4O2S. The molecule has 0 atom stereocenters. The van der Waals surface area contributed by atoms with Crippen LogP contribution >= 0.6 is 23.4 Å². The SMILES string of the molecule is C/C=C/Cn1c(SC/C=C(/C)Cl)nc2c1c(=O)[nH]c(=O)n2C. The van der Waals surface area contributed by atoms with Crippen LogP contribution in [0.25, 0.3) is 11.2 Å². The molecule has 2 rings (SSSR count). The maximum atomic E-state index is 12.1. The van der Waals surface area contributed by atoms with Crippen molar-refractivity contribution in [1.29, 1.82) is 0 Å². The molecule has 0 spiro atoms. The fourth-order valence-electron chi connectivity index (χ4n) is 1.94. The molecule has 118 valence electrons. The zero-order valence-corrected chi connectivity index (χ0v) is 14.2. The molecule has 0 aliphatic heterocycles. The van der Waals surface area contributed by atoms with Crippen molar-refractivity contribution in [3.8, 4) is 0 Å². The van der Waals surface area contributed by atoms with E-state index in [0.717, 1.165) is 0 Å². The van der Waals surface area contributed by atoms with E-state index in [2.05, 4.69) is 9.97 Å². The van der Waals surface area contributed by atoms with Gasteiger partial charge >= 0.3 is 5.69 Å². The van der Waals surface area contributed by atoms with E-state index in [-0.39, 0.29) is 0 Å². The number of fused-ring (bicyclic) bond motifs is 1. The number of halogens is 1. The van der Waals surface area contributed by atoms with Gasteiger partial charge in [-0.05, 0) is 13.8 Å². The van der Waals surface area contributed by atoms with E-state index in [0.29, 0.717) is 33.7 Å². The molecule has 22 heavy (non-hydrogen) atoms.